The highest BCUT2D eigenvalue weighted by Crippen LogP contribution is 2.20. The van der Waals surface area contributed by atoms with E-state index >= 15 is 0 Å². The normalized spacial score (nSPS) is 10.9. The number of rotatable bonds is 5. The molecule has 2 N–H and O–H groups in total. The predicted molar refractivity (Wildman–Crippen MR) is 105 cm³/mol. The van der Waals surface area contributed by atoms with E-state index in [1.807, 2.05) is 0 Å². The molecule has 0 unspecified atom stereocenters. The summed E-state index contributed by atoms with van der Waals surface area (Å²) in [6.45, 7) is 1.57. The number of esters is 1. The standard InChI is InChI=1S/C21H16FN3O5/c1-13(24-25-20(27)19(26)23-15-10-8-14(22)9-11-15)16-5-2-3-6-17(16)30-21(28)18-7-4-12-29-18/h2-12H,1H3,(H,23,26)(H,25,27). The van der Waals surface area contributed by atoms with E-state index in [-0.39, 0.29) is 17.2 Å². The zero-order valence-electron chi connectivity index (χ0n) is 15.7. The van der Waals surface area contributed by atoms with Crippen LogP contribution in [0, 0.1) is 5.82 Å². The Kier molecular flexibility index (Phi) is 6.33. The zero-order chi connectivity index (χ0) is 21.5. The van der Waals surface area contributed by atoms with Crippen molar-refractivity contribution in [2.45, 2.75) is 6.92 Å². The number of nitrogens with one attached hydrogen (secondary N) is 2. The Morgan fingerprint density at radius 2 is 1.70 bits per heavy atom. The van der Waals surface area contributed by atoms with E-state index in [2.05, 4.69) is 15.8 Å². The third-order valence-corrected chi connectivity index (χ3v) is 3.84. The first-order chi connectivity index (χ1) is 14.4. The summed E-state index contributed by atoms with van der Waals surface area (Å²) < 4.78 is 23.2. The van der Waals surface area contributed by atoms with Crippen LogP contribution in [0.4, 0.5) is 10.1 Å². The van der Waals surface area contributed by atoms with Crippen molar-refractivity contribution in [3.8, 4) is 5.75 Å². The molecule has 152 valence electrons. The second kappa shape index (κ2) is 9.28. The van der Waals surface area contributed by atoms with E-state index in [1.54, 1.807) is 37.3 Å². The molecule has 0 bridgehead atoms. The Bertz CT molecular complexity index is 1090. The van der Waals surface area contributed by atoms with Gasteiger partial charge in [0.05, 0.1) is 12.0 Å². The van der Waals surface area contributed by atoms with Crippen LogP contribution in [0.2, 0.25) is 0 Å². The molecule has 0 aliphatic carbocycles. The number of benzene rings is 2. The maximum Gasteiger partial charge on any atom is 0.379 e. The van der Waals surface area contributed by atoms with Crippen LogP contribution in [-0.4, -0.2) is 23.5 Å². The Morgan fingerprint density at radius 3 is 2.40 bits per heavy atom. The maximum absolute atomic E-state index is 12.9. The minimum atomic E-state index is -1.02. The van der Waals surface area contributed by atoms with E-state index < -0.39 is 23.6 Å². The molecule has 0 saturated carbocycles. The summed E-state index contributed by atoms with van der Waals surface area (Å²) in [4.78, 5) is 36.0. The SMILES string of the molecule is CC(=NNC(=O)C(=O)Nc1ccc(F)cc1)c1ccccc1OC(=O)c1ccco1. The molecule has 0 aliphatic rings. The fraction of sp³-hybridized carbons (Fsp3) is 0.0476. The topological polar surface area (TPSA) is 110 Å². The molecular formula is C21H16FN3O5. The number of para-hydroxylation sites is 1. The maximum atomic E-state index is 12.9. The van der Waals surface area contributed by atoms with Crippen LogP contribution in [0.15, 0.2) is 76.4 Å². The van der Waals surface area contributed by atoms with Gasteiger partial charge in [-0.15, -0.1) is 0 Å². The third kappa shape index (κ3) is 5.16. The fourth-order valence-electron chi connectivity index (χ4n) is 2.37. The highest BCUT2D eigenvalue weighted by molar-refractivity contribution is 6.39. The van der Waals surface area contributed by atoms with Gasteiger partial charge in [-0.05, 0) is 55.5 Å². The van der Waals surface area contributed by atoms with E-state index in [1.165, 1.54) is 24.5 Å². The molecule has 3 aromatic rings. The van der Waals surface area contributed by atoms with Crippen molar-refractivity contribution in [3.63, 3.8) is 0 Å². The molecule has 2 amide bonds. The van der Waals surface area contributed by atoms with Crippen LogP contribution in [0.5, 0.6) is 5.75 Å². The van der Waals surface area contributed by atoms with Gasteiger partial charge in [-0.3, -0.25) is 9.59 Å². The lowest BCUT2D eigenvalue weighted by Gasteiger charge is -2.09. The summed E-state index contributed by atoms with van der Waals surface area (Å²) in [5.41, 5.74) is 3.10. The van der Waals surface area contributed by atoms with Crippen LogP contribution in [0.1, 0.15) is 23.0 Å². The Morgan fingerprint density at radius 1 is 0.967 bits per heavy atom. The van der Waals surface area contributed by atoms with Crippen molar-refractivity contribution in [2.75, 3.05) is 5.32 Å². The minimum Gasteiger partial charge on any atom is -0.457 e. The van der Waals surface area contributed by atoms with Crippen LogP contribution < -0.4 is 15.5 Å². The van der Waals surface area contributed by atoms with Crippen molar-refractivity contribution >= 4 is 29.2 Å². The van der Waals surface area contributed by atoms with Gasteiger partial charge in [-0.1, -0.05) is 12.1 Å². The minimum absolute atomic E-state index is 0.0326. The van der Waals surface area contributed by atoms with Crippen molar-refractivity contribution in [1.82, 2.24) is 5.43 Å². The first-order valence-electron chi connectivity index (χ1n) is 8.70. The van der Waals surface area contributed by atoms with Crippen LogP contribution in [0.25, 0.3) is 0 Å². The van der Waals surface area contributed by atoms with E-state index in [0.29, 0.717) is 11.3 Å². The third-order valence-electron chi connectivity index (χ3n) is 3.84. The van der Waals surface area contributed by atoms with Gasteiger partial charge in [0.1, 0.15) is 11.6 Å². The number of halogens is 1. The number of nitrogens with zero attached hydrogens (tertiary/aromatic N) is 1. The number of carbonyl (C=O) groups excluding carboxylic acids is 3. The number of ether oxygens (including phenoxy) is 1. The van der Waals surface area contributed by atoms with Crippen molar-refractivity contribution in [1.29, 1.82) is 0 Å². The largest absolute Gasteiger partial charge is 0.457 e. The van der Waals surface area contributed by atoms with Gasteiger partial charge in [0.15, 0.2) is 0 Å². The summed E-state index contributed by atoms with van der Waals surface area (Å²) in [5.74, 6) is -2.93. The molecule has 8 nitrogen and oxygen atoms in total. The molecule has 0 fully saturated rings. The smallest absolute Gasteiger partial charge is 0.379 e. The summed E-state index contributed by atoms with van der Waals surface area (Å²) in [5, 5.41) is 6.20. The molecule has 9 heteroatoms. The summed E-state index contributed by atoms with van der Waals surface area (Å²) in [6.07, 6.45) is 1.35. The number of hydrogen-bond donors (Lipinski definition) is 2. The first kappa shape index (κ1) is 20.5. The lowest BCUT2D eigenvalue weighted by Crippen LogP contribution is -2.33. The molecule has 0 atom stereocenters. The van der Waals surface area contributed by atoms with E-state index in [4.69, 9.17) is 9.15 Å². The van der Waals surface area contributed by atoms with Gasteiger partial charge in [-0.25, -0.2) is 14.6 Å². The van der Waals surface area contributed by atoms with Gasteiger partial charge in [0.2, 0.25) is 5.76 Å². The van der Waals surface area contributed by atoms with Crippen LogP contribution >= 0.6 is 0 Å². The van der Waals surface area contributed by atoms with Crippen molar-refractivity contribution < 1.29 is 27.9 Å². The highest BCUT2D eigenvalue weighted by atomic mass is 19.1. The number of furan rings is 1. The molecule has 0 spiro atoms. The molecule has 0 radical (unpaired) electrons. The van der Waals surface area contributed by atoms with E-state index in [9.17, 15) is 18.8 Å². The lowest BCUT2D eigenvalue weighted by molar-refractivity contribution is -0.136. The van der Waals surface area contributed by atoms with Crippen LogP contribution in [0.3, 0.4) is 0 Å². The Labute approximate surface area is 170 Å². The first-order valence-corrected chi connectivity index (χ1v) is 8.70. The predicted octanol–water partition coefficient (Wildman–Crippen LogP) is 3.12. The second-order valence-corrected chi connectivity index (χ2v) is 5.96. The fourth-order valence-corrected chi connectivity index (χ4v) is 2.37. The van der Waals surface area contributed by atoms with Crippen molar-refractivity contribution in [2.24, 2.45) is 5.10 Å². The van der Waals surface area contributed by atoms with Gasteiger partial charge in [-0.2, -0.15) is 5.10 Å². The molecule has 1 heterocycles. The summed E-state index contributed by atoms with van der Waals surface area (Å²) >= 11 is 0. The molecular weight excluding hydrogens is 393 g/mol. The average Bonchev–Trinajstić information content (AvgIpc) is 3.29. The Hall–Kier alpha value is -4.27. The molecule has 3 rings (SSSR count). The summed E-state index contributed by atoms with van der Waals surface area (Å²) in [6, 6.07) is 14.5. The number of anilines is 1. The average molecular weight is 409 g/mol. The van der Waals surface area contributed by atoms with Gasteiger partial charge < -0.3 is 14.5 Å². The lowest BCUT2D eigenvalue weighted by atomic mass is 10.1. The molecule has 0 aliphatic heterocycles. The van der Waals surface area contributed by atoms with Gasteiger partial charge in [0, 0.05) is 11.3 Å². The molecule has 30 heavy (non-hydrogen) atoms. The monoisotopic (exact) mass is 409 g/mol. The highest BCUT2D eigenvalue weighted by Gasteiger charge is 2.16. The number of hydrogen-bond acceptors (Lipinski definition) is 6. The van der Waals surface area contributed by atoms with Gasteiger partial charge >= 0.3 is 17.8 Å². The summed E-state index contributed by atoms with van der Waals surface area (Å²) in [7, 11) is 0. The number of amides is 2. The number of carbonyl (C=O) groups is 3. The second-order valence-electron chi connectivity index (χ2n) is 5.96. The van der Waals surface area contributed by atoms with Crippen LogP contribution in [-0.2, 0) is 9.59 Å². The molecule has 2 aromatic carbocycles. The number of hydrazone groups is 1. The zero-order valence-corrected chi connectivity index (χ0v) is 15.7. The molecule has 1 aromatic heterocycles. The van der Waals surface area contributed by atoms with E-state index in [0.717, 1.165) is 12.1 Å². The van der Waals surface area contributed by atoms with Crippen molar-refractivity contribution in [3.05, 3.63) is 84.1 Å². The molecule has 0 saturated heterocycles. The Balaban J connectivity index is 1.66. The van der Waals surface area contributed by atoms with Gasteiger partial charge in [0.25, 0.3) is 0 Å². The quantitative estimate of drug-likeness (QED) is 0.221.